The van der Waals surface area contributed by atoms with E-state index in [0.717, 1.165) is 12.2 Å². The Bertz CT molecular complexity index is 508. The molecule has 1 rings (SSSR count). The van der Waals surface area contributed by atoms with Crippen molar-refractivity contribution in [2.45, 2.75) is 26.3 Å². The first-order valence-corrected chi connectivity index (χ1v) is 8.24. The highest BCUT2D eigenvalue weighted by Crippen LogP contribution is 2.22. The molecule has 0 spiro atoms. The lowest BCUT2D eigenvalue weighted by Gasteiger charge is -2.17. The molecule has 1 aromatic rings. The summed E-state index contributed by atoms with van der Waals surface area (Å²) in [6.45, 7) is 4.55. The lowest BCUT2D eigenvalue weighted by Crippen LogP contribution is -2.36. The van der Waals surface area contributed by atoms with Gasteiger partial charge >= 0.3 is 0 Å². The van der Waals surface area contributed by atoms with Crippen molar-refractivity contribution in [1.82, 2.24) is 5.32 Å². The SMILES string of the molecule is CCNc1ccc([N+](=O)[O-])cc1C(=O)NC(CC)CSC. The zero-order chi connectivity index (χ0) is 15.8. The average Bonchev–Trinajstić information content (AvgIpc) is 2.47. The van der Waals surface area contributed by atoms with Crippen molar-refractivity contribution in [3.8, 4) is 0 Å². The normalized spacial score (nSPS) is 11.8. The van der Waals surface area contributed by atoms with Crippen LogP contribution in [0.5, 0.6) is 0 Å². The van der Waals surface area contributed by atoms with E-state index >= 15 is 0 Å². The molecule has 0 aliphatic rings. The molecule has 1 atom stereocenters. The Morgan fingerprint density at radius 2 is 2.14 bits per heavy atom. The molecule has 0 aliphatic heterocycles. The topological polar surface area (TPSA) is 84.3 Å². The number of carbonyl (C=O) groups excluding carboxylic acids is 1. The predicted octanol–water partition coefficient (Wildman–Crippen LogP) is 2.90. The van der Waals surface area contributed by atoms with Gasteiger partial charge in [0.25, 0.3) is 11.6 Å². The molecule has 6 nitrogen and oxygen atoms in total. The van der Waals surface area contributed by atoms with Crippen LogP contribution in [0.25, 0.3) is 0 Å². The molecule has 1 unspecified atom stereocenters. The lowest BCUT2D eigenvalue weighted by atomic mass is 10.1. The number of carbonyl (C=O) groups is 1. The molecule has 0 fully saturated rings. The van der Waals surface area contributed by atoms with E-state index in [-0.39, 0.29) is 17.6 Å². The second-order valence-electron chi connectivity index (χ2n) is 4.55. The van der Waals surface area contributed by atoms with Gasteiger partial charge in [-0.15, -0.1) is 0 Å². The Morgan fingerprint density at radius 1 is 1.43 bits per heavy atom. The van der Waals surface area contributed by atoms with Crippen LogP contribution in [0, 0.1) is 10.1 Å². The van der Waals surface area contributed by atoms with E-state index in [2.05, 4.69) is 10.6 Å². The van der Waals surface area contributed by atoms with Gasteiger partial charge in [-0.05, 0) is 25.7 Å². The van der Waals surface area contributed by atoms with Gasteiger partial charge in [0, 0.05) is 36.2 Å². The first-order valence-electron chi connectivity index (χ1n) is 6.85. The van der Waals surface area contributed by atoms with E-state index in [1.165, 1.54) is 12.1 Å². The summed E-state index contributed by atoms with van der Waals surface area (Å²) in [7, 11) is 0. The maximum atomic E-state index is 12.4. The molecule has 116 valence electrons. The lowest BCUT2D eigenvalue weighted by molar-refractivity contribution is -0.384. The second-order valence-corrected chi connectivity index (χ2v) is 5.46. The Hall–Kier alpha value is -1.76. The molecule has 0 bridgehead atoms. The van der Waals surface area contributed by atoms with Crippen molar-refractivity contribution in [2.75, 3.05) is 23.9 Å². The van der Waals surface area contributed by atoms with Gasteiger partial charge in [0.15, 0.2) is 0 Å². The third kappa shape index (κ3) is 4.93. The largest absolute Gasteiger partial charge is 0.385 e. The molecule has 0 saturated carbocycles. The van der Waals surface area contributed by atoms with E-state index in [0.29, 0.717) is 17.8 Å². The molecule has 1 amide bonds. The fourth-order valence-corrected chi connectivity index (χ4v) is 2.63. The van der Waals surface area contributed by atoms with Crippen LogP contribution in [0.2, 0.25) is 0 Å². The average molecular weight is 311 g/mol. The second kappa shape index (κ2) is 8.51. The molecule has 0 saturated heterocycles. The third-order valence-electron chi connectivity index (χ3n) is 3.02. The van der Waals surface area contributed by atoms with Crippen LogP contribution in [0.15, 0.2) is 18.2 Å². The van der Waals surface area contributed by atoms with Crippen molar-refractivity contribution >= 4 is 29.0 Å². The fraction of sp³-hybridized carbons (Fsp3) is 0.500. The quantitative estimate of drug-likeness (QED) is 0.569. The molecule has 21 heavy (non-hydrogen) atoms. The highest BCUT2D eigenvalue weighted by Gasteiger charge is 2.18. The minimum atomic E-state index is -0.494. The van der Waals surface area contributed by atoms with E-state index in [9.17, 15) is 14.9 Å². The highest BCUT2D eigenvalue weighted by atomic mass is 32.2. The summed E-state index contributed by atoms with van der Waals surface area (Å²) in [4.78, 5) is 22.8. The van der Waals surface area contributed by atoms with Crippen molar-refractivity contribution in [2.24, 2.45) is 0 Å². The highest BCUT2D eigenvalue weighted by molar-refractivity contribution is 7.98. The molecule has 7 heteroatoms. The maximum absolute atomic E-state index is 12.4. The number of hydrogen-bond donors (Lipinski definition) is 2. The van der Waals surface area contributed by atoms with Gasteiger partial charge in [-0.1, -0.05) is 6.92 Å². The van der Waals surface area contributed by atoms with E-state index in [4.69, 9.17) is 0 Å². The van der Waals surface area contributed by atoms with Gasteiger partial charge in [-0.3, -0.25) is 14.9 Å². The number of thioether (sulfide) groups is 1. The van der Waals surface area contributed by atoms with E-state index in [1.807, 2.05) is 20.1 Å². The number of nitrogens with zero attached hydrogens (tertiary/aromatic N) is 1. The van der Waals surface area contributed by atoms with Gasteiger partial charge in [0.05, 0.1) is 10.5 Å². The van der Waals surface area contributed by atoms with Crippen molar-refractivity contribution < 1.29 is 9.72 Å². The van der Waals surface area contributed by atoms with Crippen molar-refractivity contribution in [3.63, 3.8) is 0 Å². The van der Waals surface area contributed by atoms with Crippen LogP contribution in [0.4, 0.5) is 11.4 Å². The standard InChI is InChI=1S/C14H21N3O3S/c1-4-10(9-21-3)16-14(18)12-8-11(17(19)20)6-7-13(12)15-5-2/h6-8,10,15H,4-5,9H2,1-3H3,(H,16,18). The number of nitro benzene ring substituents is 1. The summed E-state index contributed by atoms with van der Waals surface area (Å²) < 4.78 is 0. The maximum Gasteiger partial charge on any atom is 0.270 e. The van der Waals surface area contributed by atoms with Crippen LogP contribution in [-0.2, 0) is 0 Å². The molecule has 0 heterocycles. The minimum absolute atomic E-state index is 0.0567. The summed E-state index contributed by atoms with van der Waals surface area (Å²) >= 11 is 1.66. The van der Waals surface area contributed by atoms with Gasteiger partial charge in [0.2, 0.25) is 0 Å². The number of benzene rings is 1. The van der Waals surface area contributed by atoms with Crippen LogP contribution in [0.3, 0.4) is 0 Å². The zero-order valence-corrected chi connectivity index (χ0v) is 13.3. The van der Waals surface area contributed by atoms with Crippen molar-refractivity contribution in [3.05, 3.63) is 33.9 Å². The van der Waals surface area contributed by atoms with Crippen LogP contribution in [0.1, 0.15) is 30.6 Å². The fourth-order valence-electron chi connectivity index (χ4n) is 1.90. The first-order chi connectivity index (χ1) is 10.0. The number of nitro groups is 1. The monoisotopic (exact) mass is 311 g/mol. The van der Waals surface area contributed by atoms with Gasteiger partial charge in [-0.25, -0.2) is 0 Å². The number of hydrogen-bond acceptors (Lipinski definition) is 5. The molecular formula is C14H21N3O3S. The minimum Gasteiger partial charge on any atom is -0.385 e. The predicted molar refractivity (Wildman–Crippen MR) is 87.2 cm³/mol. The third-order valence-corrected chi connectivity index (χ3v) is 3.76. The van der Waals surface area contributed by atoms with Gasteiger partial charge in [0.1, 0.15) is 0 Å². The summed E-state index contributed by atoms with van der Waals surface area (Å²) in [5, 5.41) is 16.9. The first kappa shape index (κ1) is 17.3. The van der Waals surface area contributed by atoms with Gasteiger partial charge < -0.3 is 10.6 Å². The zero-order valence-electron chi connectivity index (χ0n) is 12.5. The van der Waals surface area contributed by atoms with Gasteiger partial charge in [-0.2, -0.15) is 11.8 Å². The summed E-state index contributed by atoms with van der Waals surface area (Å²) in [6, 6.07) is 4.35. The number of nitrogens with one attached hydrogen (secondary N) is 2. The Kier molecular flexibility index (Phi) is 7.01. The van der Waals surface area contributed by atoms with E-state index in [1.54, 1.807) is 17.8 Å². The number of rotatable bonds is 8. The number of amides is 1. The Morgan fingerprint density at radius 3 is 2.67 bits per heavy atom. The summed E-state index contributed by atoms with van der Waals surface area (Å²) in [5.74, 6) is 0.531. The van der Waals surface area contributed by atoms with Crippen molar-refractivity contribution in [1.29, 1.82) is 0 Å². The Balaban J connectivity index is 3.03. The van der Waals surface area contributed by atoms with E-state index < -0.39 is 4.92 Å². The molecular weight excluding hydrogens is 290 g/mol. The van der Waals surface area contributed by atoms with Crippen LogP contribution < -0.4 is 10.6 Å². The number of non-ortho nitro benzene ring substituents is 1. The molecule has 2 N–H and O–H groups in total. The molecule has 0 aliphatic carbocycles. The molecule has 0 radical (unpaired) electrons. The molecule has 0 aromatic heterocycles. The van der Waals surface area contributed by atoms with Crippen LogP contribution >= 0.6 is 11.8 Å². The number of anilines is 1. The Labute approximate surface area is 128 Å². The summed E-state index contributed by atoms with van der Waals surface area (Å²) in [6.07, 6.45) is 2.80. The smallest absolute Gasteiger partial charge is 0.270 e. The molecule has 1 aromatic carbocycles. The van der Waals surface area contributed by atoms with Crippen LogP contribution in [-0.4, -0.2) is 35.4 Å². The summed E-state index contributed by atoms with van der Waals surface area (Å²) in [5.41, 5.74) is 0.838.